The van der Waals surface area contributed by atoms with Gasteiger partial charge in [-0.3, -0.25) is 14.6 Å². The van der Waals surface area contributed by atoms with Gasteiger partial charge < -0.3 is 15.1 Å². The fourth-order valence-corrected chi connectivity index (χ4v) is 2.87. The van der Waals surface area contributed by atoms with Crippen molar-refractivity contribution in [2.45, 2.75) is 0 Å². The molecule has 6 nitrogen and oxygen atoms in total. The number of benzene rings is 1. The summed E-state index contributed by atoms with van der Waals surface area (Å²) in [7, 11) is 0. The Bertz CT molecular complexity index is 729. The zero-order valence-corrected chi connectivity index (χ0v) is 14.4. The lowest BCUT2D eigenvalue weighted by Gasteiger charge is -2.36. The Balaban J connectivity index is 1.46. The van der Waals surface area contributed by atoms with Crippen LogP contribution in [0.2, 0.25) is 5.02 Å². The van der Waals surface area contributed by atoms with Gasteiger partial charge in [-0.1, -0.05) is 11.6 Å². The molecule has 0 unspecified atom stereocenters. The summed E-state index contributed by atoms with van der Waals surface area (Å²) in [6, 6.07) is 10.5. The number of piperazine rings is 1. The van der Waals surface area contributed by atoms with Crippen LogP contribution in [0.3, 0.4) is 0 Å². The quantitative estimate of drug-likeness (QED) is 0.905. The SMILES string of the molecule is O=C(NCC(=O)N1CCN(c2ccncc2)CC1)c1ccc(Cl)cc1. The van der Waals surface area contributed by atoms with Crippen molar-refractivity contribution in [1.29, 1.82) is 0 Å². The normalized spacial score (nSPS) is 14.3. The topological polar surface area (TPSA) is 65.5 Å². The number of halogens is 1. The van der Waals surface area contributed by atoms with E-state index >= 15 is 0 Å². The third-order valence-corrected chi connectivity index (χ3v) is 4.42. The molecule has 1 aromatic heterocycles. The van der Waals surface area contributed by atoms with Crippen LogP contribution in [0.4, 0.5) is 5.69 Å². The maximum Gasteiger partial charge on any atom is 0.251 e. The molecule has 2 aromatic rings. The molecule has 0 radical (unpaired) electrons. The van der Waals surface area contributed by atoms with Crippen molar-refractivity contribution in [3.05, 3.63) is 59.4 Å². The summed E-state index contributed by atoms with van der Waals surface area (Å²) in [6.07, 6.45) is 3.53. The average Bonchev–Trinajstić information content (AvgIpc) is 2.67. The highest BCUT2D eigenvalue weighted by molar-refractivity contribution is 6.30. The first kappa shape index (κ1) is 17.2. The molecule has 0 spiro atoms. The molecule has 2 heterocycles. The predicted octanol–water partition coefficient (Wildman–Crippen LogP) is 1.81. The zero-order chi connectivity index (χ0) is 17.6. The molecule has 130 valence electrons. The van der Waals surface area contributed by atoms with Crippen LogP contribution in [-0.2, 0) is 4.79 Å². The van der Waals surface area contributed by atoms with E-state index in [0.29, 0.717) is 23.7 Å². The molecular weight excluding hydrogens is 340 g/mol. The second-order valence-corrected chi connectivity index (χ2v) is 6.20. The van der Waals surface area contributed by atoms with Crippen molar-refractivity contribution in [3.8, 4) is 0 Å². The zero-order valence-electron chi connectivity index (χ0n) is 13.7. The first-order chi connectivity index (χ1) is 12.1. The Morgan fingerprint density at radius 1 is 1.00 bits per heavy atom. The minimum absolute atomic E-state index is 0.00326. The first-order valence-corrected chi connectivity index (χ1v) is 8.48. The maximum atomic E-state index is 12.3. The number of nitrogens with zero attached hydrogens (tertiary/aromatic N) is 3. The summed E-state index contributed by atoms with van der Waals surface area (Å²) in [5.41, 5.74) is 1.60. The number of carbonyl (C=O) groups is 2. The lowest BCUT2D eigenvalue weighted by Crippen LogP contribution is -2.51. The number of hydrogen-bond acceptors (Lipinski definition) is 4. The number of carbonyl (C=O) groups excluding carboxylic acids is 2. The van der Waals surface area contributed by atoms with Crippen LogP contribution in [-0.4, -0.2) is 54.4 Å². The molecule has 1 aliphatic rings. The molecule has 25 heavy (non-hydrogen) atoms. The van der Waals surface area contributed by atoms with Crippen molar-refractivity contribution in [2.75, 3.05) is 37.6 Å². The van der Waals surface area contributed by atoms with Gasteiger partial charge >= 0.3 is 0 Å². The summed E-state index contributed by atoms with van der Waals surface area (Å²) in [5.74, 6) is -0.350. The molecule has 0 aliphatic carbocycles. The van der Waals surface area contributed by atoms with Gasteiger partial charge in [0.25, 0.3) is 5.91 Å². The fourth-order valence-electron chi connectivity index (χ4n) is 2.74. The summed E-state index contributed by atoms with van der Waals surface area (Å²) in [5, 5.41) is 3.23. The van der Waals surface area contributed by atoms with E-state index in [0.717, 1.165) is 18.8 Å². The molecule has 1 fully saturated rings. The third kappa shape index (κ3) is 4.48. The Labute approximate surface area is 151 Å². The second kappa shape index (κ2) is 7.98. The van der Waals surface area contributed by atoms with Crippen molar-refractivity contribution >= 4 is 29.1 Å². The summed E-state index contributed by atoms with van der Waals surface area (Å²) in [4.78, 5) is 32.3. The number of hydrogen-bond donors (Lipinski definition) is 1. The largest absolute Gasteiger partial charge is 0.368 e. The number of anilines is 1. The molecular formula is C18H19ClN4O2. The Hall–Kier alpha value is -2.60. The van der Waals surface area contributed by atoms with Crippen LogP contribution < -0.4 is 10.2 Å². The highest BCUT2D eigenvalue weighted by Gasteiger charge is 2.21. The van der Waals surface area contributed by atoms with Gasteiger partial charge in [0, 0.05) is 54.8 Å². The standard InChI is InChI=1S/C18H19ClN4O2/c19-15-3-1-14(2-4-15)18(25)21-13-17(24)23-11-9-22(10-12-23)16-5-7-20-8-6-16/h1-8H,9-13H2,(H,21,25). The molecule has 0 saturated carbocycles. The van der Waals surface area contributed by atoms with Crippen molar-refractivity contribution in [2.24, 2.45) is 0 Å². The second-order valence-electron chi connectivity index (χ2n) is 5.76. The molecule has 1 N–H and O–H groups in total. The molecule has 1 aliphatic heterocycles. The number of pyridine rings is 1. The lowest BCUT2D eigenvalue weighted by molar-refractivity contribution is -0.130. The number of amides is 2. The van der Waals surface area contributed by atoms with Gasteiger partial charge in [0.05, 0.1) is 6.54 Å². The van der Waals surface area contributed by atoms with Crippen LogP contribution in [0.5, 0.6) is 0 Å². The smallest absolute Gasteiger partial charge is 0.251 e. The van der Waals surface area contributed by atoms with Gasteiger partial charge in [-0.2, -0.15) is 0 Å². The predicted molar refractivity (Wildman–Crippen MR) is 96.8 cm³/mol. The number of rotatable bonds is 4. The van der Waals surface area contributed by atoms with E-state index in [-0.39, 0.29) is 18.4 Å². The van der Waals surface area contributed by atoms with Gasteiger partial charge in [-0.15, -0.1) is 0 Å². The minimum Gasteiger partial charge on any atom is -0.368 e. The summed E-state index contributed by atoms with van der Waals surface area (Å²) in [6.45, 7) is 2.80. The first-order valence-electron chi connectivity index (χ1n) is 8.10. The lowest BCUT2D eigenvalue weighted by atomic mass is 10.2. The van der Waals surface area contributed by atoms with Gasteiger partial charge in [0.1, 0.15) is 0 Å². The molecule has 0 atom stereocenters. The van der Waals surface area contributed by atoms with E-state index in [9.17, 15) is 9.59 Å². The van der Waals surface area contributed by atoms with Crippen molar-refractivity contribution in [1.82, 2.24) is 15.2 Å². The van der Waals surface area contributed by atoms with E-state index < -0.39 is 0 Å². The Morgan fingerprint density at radius 3 is 2.28 bits per heavy atom. The molecule has 0 bridgehead atoms. The molecule has 1 aromatic carbocycles. The molecule has 2 amide bonds. The highest BCUT2D eigenvalue weighted by Crippen LogP contribution is 2.14. The van der Waals surface area contributed by atoms with E-state index in [1.165, 1.54) is 0 Å². The van der Waals surface area contributed by atoms with Crippen LogP contribution in [0.15, 0.2) is 48.8 Å². The Morgan fingerprint density at radius 2 is 1.64 bits per heavy atom. The maximum absolute atomic E-state index is 12.3. The van der Waals surface area contributed by atoms with E-state index in [2.05, 4.69) is 15.2 Å². The Kier molecular flexibility index (Phi) is 5.50. The highest BCUT2D eigenvalue weighted by atomic mass is 35.5. The van der Waals surface area contributed by atoms with Crippen LogP contribution in [0, 0.1) is 0 Å². The monoisotopic (exact) mass is 358 g/mol. The molecule has 7 heteroatoms. The number of nitrogens with one attached hydrogen (secondary N) is 1. The van der Waals surface area contributed by atoms with Crippen molar-refractivity contribution in [3.63, 3.8) is 0 Å². The van der Waals surface area contributed by atoms with Crippen molar-refractivity contribution < 1.29 is 9.59 Å². The van der Waals surface area contributed by atoms with Crippen LogP contribution in [0.1, 0.15) is 10.4 Å². The summed E-state index contributed by atoms with van der Waals surface area (Å²) >= 11 is 5.80. The van der Waals surface area contributed by atoms with Gasteiger partial charge in [-0.25, -0.2) is 0 Å². The van der Waals surface area contributed by atoms with E-state index in [4.69, 9.17) is 11.6 Å². The average molecular weight is 359 g/mol. The van der Waals surface area contributed by atoms with Gasteiger partial charge in [0.2, 0.25) is 5.91 Å². The molecule has 3 rings (SSSR count). The number of aromatic nitrogens is 1. The summed E-state index contributed by atoms with van der Waals surface area (Å²) < 4.78 is 0. The van der Waals surface area contributed by atoms with Gasteiger partial charge in [0.15, 0.2) is 0 Å². The van der Waals surface area contributed by atoms with E-state index in [1.807, 2.05) is 12.1 Å². The minimum atomic E-state index is -0.277. The van der Waals surface area contributed by atoms with Crippen LogP contribution in [0.25, 0.3) is 0 Å². The van der Waals surface area contributed by atoms with E-state index in [1.54, 1.807) is 41.6 Å². The van der Waals surface area contributed by atoms with Crippen LogP contribution >= 0.6 is 11.6 Å². The van der Waals surface area contributed by atoms with Gasteiger partial charge in [-0.05, 0) is 36.4 Å². The fraction of sp³-hybridized carbons (Fsp3) is 0.278. The third-order valence-electron chi connectivity index (χ3n) is 4.17. The molecule has 1 saturated heterocycles.